The maximum atomic E-state index is 12.9. The van der Waals surface area contributed by atoms with E-state index >= 15 is 0 Å². The van der Waals surface area contributed by atoms with E-state index in [1.165, 1.54) is 0 Å². The molecule has 0 aliphatic heterocycles. The summed E-state index contributed by atoms with van der Waals surface area (Å²) in [5.74, 6) is 1.68. The van der Waals surface area contributed by atoms with Crippen LogP contribution < -0.4 is 14.4 Å². The summed E-state index contributed by atoms with van der Waals surface area (Å²) in [5, 5.41) is 0. The molecule has 3 rings (SSSR count). The number of hydrogen-bond acceptors (Lipinski definition) is 4. The van der Waals surface area contributed by atoms with Gasteiger partial charge in [-0.2, -0.15) is 0 Å². The van der Waals surface area contributed by atoms with Gasteiger partial charge in [-0.1, -0.05) is 23.8 Å². The Kier molecular flexibility index (Phi) is 5.81. The number of furan rings is 1. The number of carbonyl (C=O) groups is 1. The standard InChI is InChI=1S/C22H23NO4/c1-16-6-9-18(10-7-16)23(14-19-5-4-12-26-19)22(24)15-27-20-11-8-17(2)13-21(20)25-3/h4-13H,14-15H2,1-3H3. The largest absolute Gasteiger partial charge is 0.493 e. The van der Waals surface area contributed by atoms with Gasteiger partial charge in [0, 0.05) is 5.69 Å². The molecule has 1 amide bonds. The summed E-state index contributed by atoms with van der Waals surface area (Å²) in [6, 6.07) is 17.0. The molecule has 1 heterocycles. The molecule has 0 aliphatic carbocycles. The van der Waals surface area contributed by atoms with E-state index in [0.717, 1.165) is 16.8 Å². The van der Waals surface area contributed by atoms with Gasteiger partial charge in [0.2, 0.25) is 0 Å². The van der Waals surface area contributed by atoms with Gasteiger partial charge >= 0.3 is 0 Å². The number of methoxy groups -OCH3 is 1. The average molecular weight is 365 g/mol. The minimum absolute atomic E-state index is 0.103. The molecule has 0 unspecified atom stereocenters. The van der Waals surface area contributed by atoms with Gasteiger partial charge in [-0.05, 0) is 55.8 Å². The average Bonchev–Trinajstić information content (AvgIpc) is 3.19. The Morgan fingerprint density at radius 3 is 2.41 bits per heavy atom. The summed E-state index contributed by atoms with van der Waals surface area (Å²) < 4.78 is 16.5. The predicted molar refractivity (Wildman–Crippen MR) is 104 cm³/mol. The number of aryl methyl sites for hydroxylation is 2. The van der Waals surface area contributed by atoms with Gasteiger partial charge in [0.15, 0.2) is 18.1 Å². The molecule has 0 N–H and O–H groups in total. The van der Waals surface area contributed by atoms with Crippen molar-refractivity contribution in [3.63, 3.8) is 0 Å². The molecule has 27 heavy (non-hydrogen) atoms. The molecule has 0 saturated heterocycles. The summed E-state index contributed by atoms with van der Waals surface area (Å²) in [6.45, 7) is 4.21. The lowest BCUT2D eigenvalue weighted by Gasteiger charge is -2.22. The third-order valence-electron chi connectivity index (χ3n) is 4.21. The molecule has 0 bridgehead atoms. The lowest BCUT2D eigenvalue weighted by atomic mass is 10.2. The fourth-order valence-electron chi connectivity index (χ4n) is 2.72. The molecule has 0 fully saturated rings. The van der Waals surface area contributed by atoms with Crippen LogP contribution in [0.2, 0.25) is 0 Å². The zero-order valence-corrected chi connectivity index (χ0v) is 15.8. The van der Waals surface area contributed by atoms with Gasteiger partial charge in [0.25, 0.3) is 5.91 Å². The van der Waals surface area contributed by atoms with Crippen LogP contribution >= 0.6 is 0 Å². The van der Waals surface area contributed by atoms with Crippen LogP contribution in [0.25, 0.3) is 0 Å². The molecule has 140 valence electrons. The van der Waals surface area contributed by atoms with Crippen molar-refractivity contribution in [1.82, 2.24) is 0 Å². The van der Waals surface area contributed by atoms with Gasteiger partial charge in [0.05, 0.1) is 19.9 Å². The molecule has 5 nitrogen and oxygen atoms in total. The topological polar surface area (TPSA) is 51.9 Å². The van der Waals surface area contributed by atoms with Crippen LogP contribution in [-0.2, 0) is 11.3 Å². The Morgan fingerprint density at radius 1 is 1.00 bits per heavy atom. The molecule has 2 aromatic carbocycles. The van der Waals surface area contributed by atoms with Crippen LogP contribution in [0.15, 0.2) is 65.3 Å². The fourth-order valence-corrected chi connectivity index (χ4v) is 2.72. The SMILES string of the molecule is COc1cc(C)ccc1OCC(=O)N(Cc1ccco1)c1ccc(C)cc1. The summed E-state index contributed by atoms with van der Waals surface area (Å²) in [6.07, 6.45) is 1.60. The molecule has 0 radical (unpaired) electrons. The maximum Gasteiger partial charge on any atom is 0.265 e. The van der Waals surface area contributed by atoms with Crippen molar-refractivity contribution in [3.8, 4) is 11.5 Å². The van der Waals surface area contributed by atoms with E-state index in [4.69, 9.17) is 13.9 Å². The Labute approximate surface area is 159 Å². The van der Waals surface area contributed by atoms with Crippen LogP contribution in [-0.4, -0.2) is 19.6 Å². The Morgan fingerprint density at radius 2 is 1.74 bits per heavy atom. The molecule has 0 atom stereocenters. The smallest absolute Gasteiger partial charge is 0.265 e. The van der Waals surface area contributed by atoms with Crippen molar-refractivity contribution in [1.29, 1.82) is 0 Å². The highest BCUT2D eigenvalue weighted by Crippen LogP contribution is 2.28. The van der Waals surface area contributed by atoms with E-state index in [0.29, 0.717) is 23.8 Å². The van der Waals surface area contributed by atoms with Crippen LogP contribution in [0, 0.1) is 13.8 Å². The van der Waals surface area contributed by atoms with E-state index < -0.39 is 0 Å². The van der Waals surface area contributed by atoms with Crippen molar-refractivity contribution in [3.05, 3.63) is 77.7 Å². The first-order valence-corrected chi connectivity index (χ1v) is 8.73. The number of rotatable bonds is 7. The number of carbonyl (C=O) groups excluding carboxylic acids is 1. The van der Waals surface area contributed by atoms with E-state index in [-0.39, 0.29) is 12.5 Å². The Balaban J connectivity index is 1.77. The lowest BCUT2D eigenvalue weighted by Crippen LogP contribution is -2.34. The number of anilines is 1. The highest BCUT2D eigenvalue weighted by molar-refractivity contribution is 5.94. The number of ether oxygens (including phenoxy) is 2. The maximum absolute atomic E-state index is 12.9. The van der Waals surface area contributed by atoms with Crippen molar-refractivity contribution in [2.24, 2.45) is 0 Å². The van der Waals surface area contributed by atoms with Gasteiger partial charge in [-0.25, -0.2) is 0 Å². The van der Waals surface area contributed by atoms with Crippen LogP contribution in [0.3, 0.4) is 0 Å². The second-order valence-corrected chi connectivity index (χ2v) is 6.34. The van der Waals surface area contributed by atoms with E-state index in [1.807, 2.05) is 62.4 Å². The van der Waals surface area contributed by atoms with Gasteiger partial charge in [0.1, 0.15) is 5.76 Å². The van der Waals surface area contributed by atoms with Crippen molar-refractivity contribution >= 4 is 11.6 Å². The lowest BCUT2D eigenvalue weighted by molar-refractivity contribution is -0.120. The molecular formula is C22H23NO4. The number of nitrogens with zero attached hydrogens (tertiary/aromatic N) is 1. The van der Waals surface area contributed by atoms with Crippen molar-refractivity contribution in [2.75, 3.05) is 18.6 Å². The second kappa shape index (κ2) is 8.45. The second-order valence-electron chi connectivity index (χ2n) is 6.34. The quantitative estimate of drug-likeness (QED) is 0.618. The molecular weight excluding hydrogens is 342 g/mol. The first-order valence-electron chi connectivity index (χ1n) is 8.73. The van der Waals surface area contributed by atoms with Crippen molar-refractivity contribution < 1.29 is 18.7 Å². The number of benzene rings is 2. The third kappa shape index (κ3) is 4.70. The predicted octanol–water partition coefficient (Wildman–Crippen LogP) is 4.52. The zero-order valence-electron chi connectivity index (χ0n) is 15.8. The van der Waals surface area contributed by atoms with Crippen LogP contribution in [0.1, 0.15) is 16.9 Å². The monoisotopic (exact) mass is 365 g/mol. The van der Waals surface area contributed by atoms with E-state index in [2.05, 4.69) is 0 Å². The minimum Gasteiger partial charge on any atom is -0.493 e. The van der Waals surface area contributed by atoms with E-state index in [1.54, 1.807) is 24.3 Å². The molecule has 0 saturated carbocycles. The minimum atomic E-state index is -0.169. The summed E-state index contributed by atoms with van der Waals surface area (Å²) >= 11 is 0. The normalized spacial score (nSPS) is 10.5. The Bertz CT molecular complexity index is 885. The number of hydrogen-bond donors (Lipinski definition) is 0. The summed E-state index contributed by atoms with van der Waals surface area (Å²) in [5.41, 5.74) is 2.98. The molecule has 0 spiro atoms. The summed E-state index contributed by atoms with van der Waals surface area (Å²) in [7, 11) is 1.58. The molecule has 3 aromatic rings. The van der Waals surface area contributed by atoms with Gasteiger partial charge in [-0.15, -0.1) is 0 Å². The fraction of sp³-hybridized carbons (Fsp3) is 0.227. The Hall–Kier alpha value is -3.21. The first-order chi connectivity index (χ1) is 13.1. The molecule has 5 heteroatoms. The molecule has 0 aliphatic rings. The first kappa shape index (κ1) is 18.6. The van der Waals surface area contributed by atoms with E-state index in [9.17, 15) is 4.79 Å². The number of amides is 1. The third-order valence-corrected chi connectivity index (χ3v) is 4.21. The van der Waals surface area contributed by atoms with Crippen molar-refractivity contribution in [2.45, 2.75) is 20.4 Å². The van der Waals surface area contributed by atoms with Gasteiger partial charge < -0.3 is 18.8 Å². The highest BCUT2D eigenvalue weighted by Gasteiger charge is 2.19. The summed E-state index contributed by atoms with van der Waals surface area (Å²) in [4.78, 5) is 14.6. The zero-order chi connectivity index (χ0) is 19.2. The van der Waals surface area contributed by atoms with Gasteiger partial charge in [-0.3, -0.25) is 4.79 Å². The molecule has 1 aromatic heterocycles. The van der Waals surface area contributed by atoms with Crippen LogP contribution in [0.4, 0.5) is 5.69 Å². The highest BCUT2D eigenvalue weighted by atomic mass is 16.5. The van der Waals surface area contributed by atoms with Crippen LogP contribution in [0.5, 0.6) is 11.5 Å².